The van der Waals surface area contributed by atoms with Gasteiger partial charge >= 0.3 is 0 Å². The van der Waals surface area contributed by atoms with Crippen molar-refractivity contribution in [2.24, 2.45) is 11.8 Å². The Hall–Kier alpha value is -1.97. The van der Waals surface area contributed by atoms with Crippen LogP contribution >= 0.6 is 0 Å². The maximum atomic E-state index is 12.3. The molecule has 1 aromatic rings. The molecule has 0 spiro atoms. The molecule has 0 atom stereocenters. The van der Waals surface area contributed by atoms with E-state index in [0.717, 1.165) is 37.7 Å². The maximum Gasteiger partial charge on any atom is 0.224 e. The predicted octanol–water partition coefficient (Wildman–Crippen LogP) is 4.22. The largest absolute Gasteiger partial charge is 0.504 e. The number of ether oxygens (including phenoxy) is 1. The summed E-state index contributed by atoms with van der Waals surface area (Å²) in [7, 11) is 1.51. The maximum absolute atomic E-state index is 12.3. The Kier molecular flexibility index (Phi) is 7.35. The molecule has 4 heteroatoms. The van der Waals surface area contributed by atoms with Crippen LogP contribution in [0.4, 0.5) is 0 Å². The first-order valence-electron chi connectivity index (χ1n) is 9.29. The van der Waals surface area contributed by atoms with Gasteiger partial charge in [-0.25, -0.2) is 0 Å². The van der Waals surface area contributed by atoms with E-state index in [0.29, 0.717) is 24.0 Å². The molecule has 138 valence electrons. The van der Waals surface area contributed by atoms with Gasteiger partial charge in [0.2, 0.25) is 5.91 Å². The molecule has 1 saturated carbocycles. The van der Waals surface area contributed by atoms with Gasteiger partial charge in [-0.15, -0.1) is 0 Å². The van der Waals surface area contributed by atoms with Gasteiger partial charge in [0.15, 0.2) is 11.5 Å². The van der Waals surface area contributed by atoms with Gasteiger partial charge in [-0.2, -0.15) is 0 Å². The fourth-order valence-electron chi connectivity index (χ4n) is 3.30. The quantitative estimate of drug-likeness (QED) is 0.728. The number of rotatable bonds is 7. The number of amides is 1. The molecule has 4 nitrogen and oxygen atoms in total. The number of methoxy groups -OCH3 is 1. The molecular weight excluding hydrogens is 314 g/mol. The van der Waals surface area contributed by atoms with Crippen molar-refractivity contribution in [3.63, 3.8) is 0 Å². The van der Waals surface area contributed by atoms with Gasteiger partial charge in [-0.3, -0.25) is 4.79 Å². The van der Waals surface area contributed by atoms with Gasteiger partial charge in [0, 0.05) is 6.04 Å². The van der Waals surface area contributed by atoms with E-state index in [1.165, 1.54) is 7.11 Å². The van der Waals surface area contributed by atoms with E-state index >= 15 is 0 Å². The predicted molar refractivity (Wildman–Crippen MR) is 101 cm³/mol. The summed E-state index contributed by atoms with van der Waals surface area (Å²) in [5.41, 5.74) is 0.845. The number of aromatic hydroxyl groups is 1. The number of carbonyl (C=O) groups excluding carboxylic acids is 1. The number of nitrogens with one attached hydrogen (secondary N) is 1. The summed E-state index contributed by atoms with van der Waals surface area (Å²) in [5.74, 6) is 1.90. The summed E-state index contributed by atoms with van der Waals surface area (Å²) in [6.07, 6.45) is 10.5. The molecular formula is C21H31NO3. The van der Waals surface area contributed by atoms with E-state index in [1.807, 2.05) is 0 Å². The van der Waals surface area contributed by atoms with Crippen LogP contribution in [0, 0.1) is 11.8 Å². The number of phenols is 1. The lowest BCUT2D eigenvalue weighted by molar-refractivity contribution is -0.121. The average Bonchev–Trinajstić information content (AvgIpc) is 2.58. The molecule has 0 bridgehead atoms. The minimum Gasteiger partial charge on any atom is -0.504 e. The molecule has 2 N–H and O–H groups in total. The van der Waals surface area contributed by atoms with Gasteiger partial charge in [0.25, 0.3) is 0 Å². The highest BCUT2D eigenvalue weighted by Gasteiger charge is 2.21. The first kappa shape index (κ1) is 19.4. The molecule has 2 rings (SSSR count). The van der Waals surface area contributed by atoms with Crippen molar-refractivity contribution in [3.8, 4) is 11.5 Å². The second-order valence-electron chi connectivity index (χ2n) is 7.42. The molecule has 0 unspecified atom stereocenters. The third kappa shape index (κ3) is 6.45. The van der Waals surface area contributed by atoms with Crippen LogP contribution in [-0.2, 0) is 11.2 Å². The van der Waals surface area contributed by atoms with Gasteiger partial charge in [0.1, 0.15) is 0 Å². The monoisotopic (exact) mass is 345 g/mol. The van der Waals surface area contributed by atoms with Crippen LogP contribution in [0.2, 0.25) is 0 Å². The minimum absolute atomic E-state index is 0.0338. The zero-order valence-electron chi connectivity index (χ0n) is 15.6. The Morgan fingerprint density at radius 2 is 2.04 bits per heavy atom. The highest BCUT2D eigenvalue weighted by molar-refractivity contribution is 5.79. The lowest BCUT2D eigenvalue weighted by Crippen LogP contribution is -2.38. The summed E-state index contributed by atoms with van der Waals surface area (Å²) in [6.45, 7) is 4.47. The van der Waals surface area contributed by atoms with Crippen molar-refractivity contribution in [2.75, 3.05) is 7.11 Å². The molecule has 0 radical (unpaired) electrons. The standard InChI is InChI=1S/C21H31NO3/c1-15(2)5-4-6-16-7-10-18(11-8-16)22-21(24)14-17-9-12-19(23)20(13-17)25-3/h4,6,9,12-13,15-16,18,23H,5,7-8,10-11,14H2,1-3H3,(H,22,24)/t16-,18-. The molecule has 1 aromatic carbocycles. The van der Waals surface area contributed by atoms with Crippen LogP contribution in [0.1, 0.15) is 51.5 Å². The van der Waals surface area contributed by atoms with Crippen molar-refractivity contribution in [1.82, 2.24) is 5.32 Å². The molecule has 1 aliphatic carbocycles. The average molecular weight is 345 g/mol. The molecule has 0 aromatic heterocycles. The van der Waals surface area contributed by atoms with Crippen LogP contribution in [0.25, 0.3) is 0 Å². The lowest BCUT2D eigenvalue weighted by Gasteiger charge is -2.27. The highest BCUT2D eigenvalue weighted by atomic mass is 16.5. The van der Waals surface area contributed by atoms with E-state index in [9.17, 15) is 9.90 Å². The second-order valence-corrected chi connectivity index (χ2v) is 7.42. The molecule has 25 heavy (non-hydrogen) atoms. The van der Waals surface area contributed by atoms with Crippen LogP contribution in [0.5, 0.6) is 11.5 Å². The summed E-state index contributed by atoms with van der Waals surface area (Å²) in [6, 6.07) is 5.32. The molecule has 1 amide bonds. The van der Waals surface area contributed by atoms with E-state index < -0.39 is 0 Å². The fourth-order valence-corrected chi connectivity index (χ4v) is 3.30. The smallest absolute Gasteiger partial charge is 0.224 e. The Balaban J connectivity index is 1.76. The summed E-state index contributed by atoms with van der Waals surface area (Å²) in [5, 5.41) is 12.8. The normalized spacial score (nSPS) is 20.8. The SMILES string of the molecule is COc1cc(CC(=O)N[C@H]2CC[C@H](C=CCC(C)C)CC2)ccc1O. The zero-order chi connectivity index (χ0) is 18.2. The van der Waals surface area contributed by atoms with Crippen LogP contribution in [0.3, 0.4) is 0 Å². The van der Waals surface area contributed by atoms with Crippen LogP contribution in [-0.4, -0.2) is 24.2 Å². The molecule has 0 saturated heterocycles. The Bertz CT molecular complexity index is 587. The zero-order valence-corrected chi connectivity index (χ0v) is 15.6. The fraction of sp³-hybridized carbons (Fsp3) is 0.571. The molecule has 1 fully saturated rings. The third-order valence-electron chi connectivity index (χ3n) is 4.76. The van der Waals surface area contributed by atoms with Gasteiger partial charge in [-0.05, 0) is 61.6 Å². The number of carbonyl (C=O) groups is 1. The van der Waals surface area contributed by atoms with E-state index in [1.54, 1.807) is 18.2 Å². The first-order valence-corrected chi connectivity index (χ1v) is 9.29. The van der Waals surface area contributed by atoms with Crippen molar-refractivity contribution in [2.45, 2.75) is 58.4 Å². The van der Waals surface area contributed by atoms with Gasteiger partial charge < -0.3 is 15.2 Å². The summed E-state index contributed by atoms with van der Waals surface area (Å²) >= 11 is 0. The first-order chi connectivity index (χ1) is 12.0. The highest BCUT2D eigenvalue weighted by Crippen LogP contribution is 2.27. The Labute approximate surface area is 151 Å². The number of phenolic OH excluding ortho intramolecular Hbond substituents is 1. The summed E-state index contributed by atoms with van der Waals surface area (Å²) in [4.78, 5) is 12.3. The number of benzene rings is 1. The van der Waals surface area contributed by atoms with Crippen molar-refractivity contribution in [3.05, 3.63) is 35.9 Å². The van der Waals surface area contributed by atoms with E-state index in [2.05, 4.69) is 31.3 Å². The number of hydrogen-bond donors (Lipinski definition) is 2. The number of allylic oxidation sites excluding steroid dienone is 2. The molecule has 1 aliphatic rings. The Morgan fingerprint density at radius 1 is 1.32 bits per heavy atom. The minimum atomic E-state index is 0.0338. The van der Waals surface area contributed by atoms with E-state index in [-0.39, 0.29) is 17.7 Å². The molecule has 0 heterocycles. The Morgan fingerprint density at radius 3 is 2.68 bits per heavy atom. The summed E-state index contributed by atoms with van der Waals surface area (Å²) < 4.78 is 5.09. The van der Waals surface area contributed by atoms with Crippen molar-refractivity contribution < 1.29 is 14.6 Å². The third-order valence-corrected chi connectivity index (χ3v) is 4.76. The molecule has 0 aliphatic heterocycles. The number of hydrogen-bond acceptors (Lipinski definition) is 3. The van der Waals surface area contributed by atoms with Crippen LogP contribution in [0.15, 0.2) is 30.4 Å². The topological polar surface area (TPSA) is 58.6 Å². The van der Waals surface area contributed by atoms with E-state index in [4.69, 9.17) is 4.74 Å². The van der Waals surface area contributed by atoms with Gasteiger partial charge in [-0.1, -0.05) is 32.1 Å². The van der Waals surface area contributed by atoms with Crippen molar-refractivity contribution >= 4 is 5.91 Å². The van der Waals surface area contributed by atoms with Crippen LogP contribution < -0.4 is 10.1 Å². The second kappa shape index (κ2) is 9.50. The van der Waals surface area contributed by atoms with Gasteiger partial charge in [0.05, 0.1) is 13.5 Å². The lowest BCUT2D eigenvalue weighted by atomic mass is 9.85. The van der Waals surface area contributed by atoms with Crippen molar-refractivity contribution in [1.29, 1.82) is 0 Å².